The highest BCUT2D eigenvalue weighted by Crippen LogP contribution is 2.19. The van der Waals surface area contributed by atoms with Gasteiger partial charge in [0, 0.05) is 44.1 Å². The van der Waals surface area contributed by atoms with Crippen LogP contribution in [0.25, 0.3) is 0 Å². The van der Waals surface area contributed by atoms with E-state index in [4.69, 9.17) is 0 Å². The first-order valence-electron chi connectivity index (χ1n) is 12.4. The Kier molecular flexibility index (Phi) is 8.51. The van der Waals surface area contributed by atoms with Gasteiger partial charge >= 0.3 is 0 Å². The van der Waals surface area contributed by atoms with Crippen molar-refractivity contribution in [2.45, 2.75) is 84.8 Å². The largest absolute Gasteiger partial charge is 0.352 e. The lowest BCUT2D eigenvalue weighted by Crippen LogP contribution is -2.41. The maximum Gasteiger partial charge on any atom is 0.259 e. The summed E-state index contributed by atoms with van der Waals surface area (Å²) in [6.45, 7) is 12.4. The number of carbonyl (C=O) groups is 2. The molecule has 0 spiro atoms. The van der Waals surface area contributed by atoms with E-state index >= 15 is 0 Å². The van der Waals surface area contributed by atoms with E-state index in [1.807, 2.05) is 4.57 Å². The summed E-state index contributed by atoms with van der Waals surface area (Å²) >= 11 is 0. The van der Waals surface area contributed by atoms with Crippen molar-refractivity contribution in [1.82, 2.24) is 19.7 Å². The van der Waals surface area contributed by atoms with Gasteiger partial charge in [-0.25, -0.2) is 0 Å². The second-order valence-electron chi connectivity index (χ2n) is 9.70. The molecule has 2 heterocycles. The van der Waals surface area contributed by atoms with Gasteiger partial charge in [0.05, 0.1) is 0 Å². The van der Waals surface area contributed by atoms with E-state index in [2.05, 4.69) is 37.9 Å². The SMILES string of the molecule is CCN(CC)[C@H]1CCN(C(=O)c2cn(CCC(C)C)cc(C(=O)NC3CCCC3)c2=O)C1. The summed E-state index contributed by atoms with van der Waals surface area (Å²) in [6, 6.07) is 0.449. The van der Waals surface area contributed by atoms with Gasteiger partial charge in [-0.3, -0.25) is 19.3 Å². The number of likely N-dealkylation sites (N-methyl/N-ethyl adjacent to an activating group) is 1. The Morgan fingerprint density at radius 3 is 2.38 bits per heavy atom. The van der Waals surface area contributed by atoms with Crippen molar-refractivity contribution in [2.75, 3.05) is 26.2 Å². The van der Waals surface area contributed by atoms with E-state index < -0.39 is 5.43 Å². The average Bonchev–Trinajstić information content (AvgIpc) is 3.46. The van der Waals surface area contributed by atoms with E-state index in [1.54, 1.807) is 17.3 Å². The van der Waals surface area contributed by atoms with Gasteiger partial charge in [-0.15, -0.1) is 0 Å². The molecule has 2 fully saturated rings. The normalized spacial score (nSPS) is 19.3. The molecule has 1 saturated carbocycles. The quantitative estimate of drug-likeness (QED) is 0.635. The highest BCUT2D eigenvalue weighted by Gasteiger charge is 2.32. The molecule has 0 radical (unpaired) electrons. The monoisotopic (exact) mass is 444 g/mol. The molecule has 2 amide bonds. The Morgan fingerprint density at radius 2 is 1.75 bits per heavy atom. The lowest BCUT2D eigenvalue weighted by molar-refractivity contribution is 0.0775. The van der Waals surface area contributed by atoms with Crippen LogP contribution in [0.3, 0.4) is 0 Å². The van der Waals surface area contributed by atoms with E-state index in [1.165, 1.54) is 0 Å². The third-order valence-electron chi connectivity index (χ3n) is 6.99. The molecule has 0 bridgehead atoms. The second-order valence-corrected chi connectivity index (χ2v) is 9.70. The third-order valence-corrected chi connectivity index (χ3v) is 6.99. The van der Waals surface area contributed by atoms with Crippen LogP contribution in [0, 0.1) is 5.92 Å². The molecule has 1 N–H and O–H groups in total. The molecule has 7 nitrogen and oxygen atoms in total. The molecule has 32 heavy (non-hydrogen) atoms. The number of likely N-dealkylation sites (tertiary alicyclic amines) is 1. The maximum absolute atomic E-state index is 13.4. The summed E-state index contributed by atoms with van der Waals surface area (Å²) in [5.74, 6) is -0.117. The van der Waals surface area contributed by atoms with Crippen molar-refractivity contribution in [2.24, 2.45) is 5.92 Å². The first-order valence-corrected chi connectivity index (χ1v) is 12.4. The zero-order valence-electron chi connectivity index (χ0n) is 20.2. The van der Waals surface area contributed by atoms with Crippen molar-refractivity contribution in [3.63, 3.8) is 0 Å². The summed E-state index contributed by atoms with van der Waals surface area (Å²) in [4.78, 5) is 43.8. The molecule has 1 aliphatic heterocycles. The molecule has 0 unspecified atom stereocenters. The summed E-state index contributed by atoms with van der Waals surface area (Å²) in [5, 5.41) is 3.02. The van der Waals surface area contributed by atoms with Gasteiger partial charge in [-0.2, -0.15) is 0 Å². The third kappa shape index (κ3) is 5.80. The van der Waals surface area contributed by atoms with E-state index in [0.29, 0.717) is 31.6 Å². The lowest BCUT2D eigenvalue weighted by Gasteiger charge is -2.26. The molecular formula is C25H40N4O3. The van der Waals surface area contributed by atoms with Crippen molar-refractivity contribution in [3.05, 3.63) is 33.7 Å². The summed E-state index contributed by atoms with van der Waals surface area (Å²) in [5.41, 5.74) is -0.239. The lowest BCUT2D eigenvalue weighted by atomic mass is 10.1. The minimum absolute atomic E-state index is 0.0889. The van der Waals surface area contributed by atoms with Crippen LogP contribution in [0.15, 0.2) is 17.2 Å². The number of hydrogen-bond acceptors (Lipinski definition) is 4. The number of aromatic nitrogens is 1. The standard InChI is InChI=1S/C25H40N4O3/c1-5-28(6-2)20-12-14-29(15-20)25(32)22-17-27(13-11-18(3)4)16-21(23(22)30)24(31)26-19-9-7-8-10-19/h16-20H,5-15H2,1-4H3,(H,26,31)/t20-/m0/s1. The molecule has 1 atom stereocenters. The first-order chi connectivity index (χ1) is 15.3. The van der Waals surface area contributed by atoms with Crippen LogP contribution in [0.4, 0.5) is 0 Å². The smallest absolute Gasteiger partial charge is 0.259 e. The fourth-order valence-corrected chi connectivity index (χ4v) is 4.95. The van der Waals surface area contributed by atoms with Crippen molar-refractivity contribution in [1.29, 1.82) is 0 Å². The first kappa shape index (κ1) is 24.5. The Morgan fingerprint density at radius 1 is 1.09 bits per heavy atom. The number of amides is 2. The van der Waals surface area contributed by atoms with Crippen molar-refractivity contribution < 1.29 is 9.59 Å². The number of rotatable bonds is 9. The predicted octanol–water partition coefficient (Wildman–Crippen LogP) is 3.12. The van der Waals surface area contributed by atoms with Crippen molar-refractivity contribution in [3.8, 4) is 0 Å². The van der Waals surface area contributed by atoms with Gasteiger partial charge in [0.15, 0.2) is 0 Å². The van der Waals surface area contributed by atoms with E-state index in [9.17, 15) is 14.4 Å². The topological polar surface area (TPSA) is 74.7 Å². The highest BCUT2D eigenvalue weighted by molar-refractivity contribution is 5.99. The number of nitrogens with zero attached hydrogens (tertiary/aromatic N) is 3. The molecule has 7 heteroatoms. The average molecular weight is 445 g/mol. The minimum Gasteiger partial charge on any atom is -0.352 e. The molecule has 3 rings (SSSR count). The number of aryl methyl sites for hydroxylation is 1. The van der Waals surface area contributed by atoms with Gasteiger partial charge in [-0.05, 0) is 44.7 Å². The van der Waals surface area contributed by atoms with Gasteiger partial charge < -0.3 is 14.8 Å². The Balaban J connectivity index is 1.86. The predicted molar refractivity (Wildman–Crippen MR) is 127 cm³/mol. The zero-order chi connectivity index (χ0) is 23.3. The maximum atomic E-state index is 13.4. The number of carbonyl (C=O) groups excluding carboxylic acids is 2. The van der Waals surface area contributed by atoms with Crippen LogP contribution in [0.2, 0.25) is 0 Å². The van der Waals surface area contributed by atoms with E-state index in [-0.39, 0.29) is 29.0 Å². The molecule has 0 aromatic carbocycles. The fraction of sp³-hybridized carbons (Fsp3) is 0.720. The number of pyridine rings is 1. The number of nitrogens with one attached hydrogen (secondary N) is 1. The Bertz CT molecular complexity index is 853. The Hall–Kier alpha value is -2.15. The van der Waals surface area contributed by atoms with Crippen LogP contribution in [-0.4, -0.2) is 64.4 Å². The second kappa shape index (κ2) is 11.1. The van der Waals surface area contributed by atoms with Crippen LogP contribution >= 0.6 is 0 Å². The molecule has 178 valence electrons. The van der Waals surface area contributed by atoms with Crippen LogP contribution in [0.5, 0.6) is 0 Å². The highest BCUT2D eigenvalue weighted by atomic mass is 16.2. The van der Waals surface area contributed by atoms with Gasteiger partial charge in [0.1, 0.15) is 11.1 Å². The molecule has 2 aliphatic rings. The summed E-state index contributed by atoms with van der Waals surface area (Å²) in [6.07, 6.45) is 9.22. The van der Waals surface area contributed by atoms with Gasteiger partial charge in [-0.1, -0.05) is 40.5 Å². The molecule has 1 aliphatic carbocycles. The molecular weight excluding hydrogens is 404 g/mol. The van der Waals surface area contributed by atoms with Gasteiger partial charge in [0.2, 0.25) is 5.43 Å². The summed E-state index contributed by atoms with van der Waals surface area (Å²) in [7, 11) is 0. The van der Waals surface area contributed by atoms with Crippen LogP contribution < -0.4 is 10.7 Å². The van der Waals surface area contributed by atoms with E-state index in [0.717, 1.165) is 51.6 Å². The van der Waals surface area contributed by atoms with Crippen LogP contribution in [0.1, 0.15) is 86.9 Å². The van der Waals surface area contributed by atoms with Crippen LogP contribution in [-0.2, 0) is 6.54 Å². The zero-order valence-corrected chi connectivity index (χ0v) is 20.2. The minimum atomic E-state index is -0.447. The summed E-state index contributed by atoms with van der Waals surface area (Å²) < 4.78 is 1.86. The Labute approximate surface area is 192 Å². The fourth-order valence-electron chi connectivity index (χ4n) is 4.95. The molecule has 1 saturated heterocycles. The molecule has 1 aromatic rings. The number of hydrogen-bond donors (Lipinski definition) is 1. The van der Waals surface area contributed by atoms with Crippen molar-refractivity contribution >= 4 is 11.8 Å². The van der Waals surface area contributed by atoms with Gasteiger partial charge in [0.25, 0.3) is 11.8 Å². The molecule has 1 aromatic heterocycles.